The van der Waals surface area contributed by atoms with Crippen molar-refractivity contribution < 1.29 is 28.2 Å². The van der Waals surface area contributed by atoms with Crippen LogP contribution in [0.2, 0.25) is 0 Å². The molecular weight excluding hydrogens is 588 g/mol. The number of hydrogen-bond donors (Lipinski definition) is 4. The molecular formula is C36H60N2O6S. The lowest BCUT2D eigenvalue weighted by Gasteiger charge is -2.36. The third-order valence-corrected chi connectivity index (χ3v) is 12.8. The third kappa shape index (κ3) is 11.7. The van der Waals surface area contributed by atoms with E-state index in [1.54, 1.807) is 20.8 Å². The van der Waals surface area contributed by atoms with E-state index >= 15 is 0 Å². The molecule has 5 unspecified atom stereocenters. The zero-order chi connectivity index (χ0) is 33.0. The van der Waals surface area contributed by atoms with E-state index in [2.05, 4.69) is 10.6 Å². The molecule has 0 spiro atoms. The Morgan fingerprint density at radius 2 is 1.51 bits per heavy atom. The first-order chi connectivity index (χ1) is 21.3. The first kappa shape index (κ1) is 37.5. The van der Waals surface area contributed by atoms with Crippen molar-refractivity contribution in [3.63, 3.8) is 0 Å². The van der Waals surface area contributed by atoms with Crippen molar-refractivity contribution in [2.75, 3.05) is 5.75 Å². The molecule has 0 heterocycles. The molecule has 0 aliphatic heterocycles. The topological polar surface area (TPSA) is 133 Å². The molecule has 0 saturated heterocycles. The fourth-order valence-corrected chi connectivity index (χ4v) is 8.35. The second kappa shape index (κ2) is 17.8. The van der Waals surface area contributed by atoms with Gasteiger partial charge in [-0.25, -0.2) is 8.42 Å². The van der Waals surface area contributed by atoms with Crippen molar-refractivity contribution in [1.29, 1.82) is 0 Å². The van der Waals surface area contributed by atoms with E-state index < -0.39 is 44.8 Å². The molecule has 1 aromatic rings. The van der Waals surface area contributed by atoms with Crippen molar-refractivity contribution in [3.05, 3.63) is 35.9 Å². The van der Waals surface area contributed by atoms with Crippen molar-refractivity contribution in [2.24, 2.45) is 11.8 Å². The Hall–Kier alpha value is -1.97. The van der Waals surface area contributed by atoms with Crippen LogP contribution in [0.15, 0.2) is 30.3 Å². The van der Waals surface area contributed by atoms with Gasteiger partial charge in [0.25, 0.3) is 0 Å². The Balaban J connectivity index is 1.76. The molecule has 2 amide bonds. The van der Waals surface area contributed by atoms with E-state index in [9.17, 15) is 28.2 Å². The van der Waals surface area contributed by atoms with Crippen LogP contribution in [0.25, 0.3) is 0 Å². The van der Waals surface area contributed by atoms with Gasteiger partial charge in [0, 0.05) is 12.3 Å². The summed E-state index contributed by atoms with van der Waals surface area (Å²) in [7, 11) is -3.52. The smallest absolute Gasteiger partial charge is 0.242 e. The summed E-state index contributed by atoms with van der Waals surface area (Å²) < 4.78 is 25.4. The van der Waals surface area contributed by atoms with Gasteiger partial charge in [0.2, 0.25) is 11.8 Å². The fourth-order valence-electron chi connectivity index (χ4n) is 7.01. The number of aliphatic hydroxyl groups excluding tert-OH is 2. The Morgan fingerprint density at radius 1 is 0.911 bits per heavy atom. The minimum absolute atomic E-state index is 0.0226. The molecule has 8 nitrogen and oxygen atoms in total. The minimum Gasteiger partial charge on any atom is -0.390 e. The standard InChI is InChI=1S/C36H60N2O6S/c1-5-6-22-30(37-32(39)24-29(27-18-12-8-13-19-27)25-45(43,44)36(2,3)4)35(42)38-31(23-26-16-10-7-11-17-26)34(41)33(40)28-20-14-9-15-21-28/h8,12-13,18-19,26,28-31,33-34,40-41H,5-7,9-11,14-17,20-25H2,1-4H3,(H,37,39)(H,38,42). The molecule has 1 aromatic carbocycles. The summed E-state index contributed by atoms with van der Waals surface area (Å²) >= 11 is 0. The second-order valence-electron chi connectivity index (χ2n) is 14.7. The average molecular weight is 649 g/mol. The van der Waals surface area contributed by atoms with Gasteiger partial charge in [0.1, 0.15) is 12.1 Å². The van der Waals surface area contributed by atoms with E-state index in [1.165, 1.54) is 6.42 Å². The summed E-state index contributed by atoms with van der Waals surface area (Å²) in [6.07, 6.45) is 11.1. The van der Waals surface area contributed by atoms with Gasteiger partial charge in [-0.3, -0.25) is 9.59 Å². The van der Waals surface area contributed by atoms with Crippen LogP contribution < -0.4 is 10.6 Å². The molecule has 2 aliphatic carbocycles. The number of nitrogens with one attached hydrogen (secondary N) is 2. The van der Waals surface area contributed by atoms with Crippen molar-refractivity contribution >= 4 is 21.7 Å². The minimum atomic E-state index is -3.52. The third-order valence-electron chi connectivity index (χ3n) is 10.1. The molecule has 45 heavy (non-hydrogen) atoms. The highest BCUT2D eigenvalue weighted by Crippen LogP contribution is 2.32. The van der Waals surface area contributed by atoms with Gasteiger partial charge >= 0.3 is 0 Å². The quantitative estimate of drug-likeness (QED) is 0.179. The first-order valence-electron chi connectivity index (χ1n) is 17.6. The number of unbranched alkanes of at least 4 members (excludes halogenated alkanes) is 1. The van der Waals surface area contributed by atoms with Gasteiger partial charge in [0.05, 0.1) is 22.6 Å². The Morgan fingerprint density at radius 3 is 2.09 bits per heavy atom. The highest BCUT2D eigenvalue weighted by Gasteiger charge is 2.37. The summed E-state index contributed by atoms with van der Waals surface area (Å²) in [5, 5.41) is 28.7. The maximum Gasteiger partial charge on any atom is 0.242 e. The normalized spacial score (nSPS) is 20.5. The average Bonchev–Trinajstić information content (AvgIpc) is 3.02. The van der Waals surface area contributed by atoms with Crippen LogP contribution in [-0.2, 0) is 19.4 Å². The summed E-state index contributed by atoms with van der Waals surface area (Å²) in [4.78, 5) is 27.4. The summed E-state index contributed by atoms with van der Waals surface area (Å²) in [6.45, 7) is 7.02. The predicted molar refractivity (Wildman–Crippen MR) is 181 cm³/mol. The van der Waals surface area contributed by atoms with Crippen LogP contribution in [0.5, 0.6) is 0 Å². The van der Waals surface area contributed by atoms with Crippen LogP contribution in [-0.4, -0.2) is 65.2 Å². The fraction of sp³-hybridized carbons (Fsp3) is 0.778. The number of hydrogen-bond acceptors (Lipinski definition) is 6. The molecule has 2 saturated carbocycles. The number of aliphatic hydroxyl groups is 2. The Bertz CT molecular complexity index is 1140. The summed E-state index contributed by atoms with van der Waals surface area (Å²) in [6, 6.07) is 7.78. The maximum absolute atomic E-state index is 13.8. The number of carbonyl (C=O) groups excluding carboxylic acids is 2. The lowest BCUT2D eigenvalue weighted by atomic mass is 9.78. The van der Waals surface area contributed by atoms with Gasteiger partial charge in [0.15, 0.2) is 9.84 Å². The van der Waals surface area contributed by atoms with Crippen molar-refractivity contribution in [3.8, 4) is 0 Å². The van der Waals surface area contributed by atoms with E-state index in [4.69, 9.17) is 0 Å². The molecule has 9 heteroatoms. The van der Waals surface area contributed by atoms with E-state index in [0.29, 0.717) is 18.8 Å². The molecule has 3 rings (SSSR count). The molecule has 0 aromatic heterocycles. The Labute approximate surface area is 272 Å². The van der Waals surface area contributed by atoms with Crippen molar-refractivity contribution in [1.82, 2.24) is 10.6 Å². The van der Waals surface area contributed by atoms with Crippen LogP contribution >= 0.6 is 0 Å². The lowest BCUT2D eigenvalue weighted by molar-refractivity contribution is -0.131. The lowest BCUT2D eigenvalue weighted by Crippen LogP contribution is -2.56. The number of carbonyl (C=O) groups is 2. The van der Waals surface area contributed by atoms with E-state index in [1.807, 2.05) is 37.3 Å². The summed E-state index contributed by atoms with van der Waals surface area (Å²) in [5.41, 5.74) is 0.766. The van der Waals surface area contributed by atoms with Gasteiger partial charge in [-0.1, -0.05) is 101 Å². The van der Waals surface area contributed by atoms with Crippen molar-refractivity contribution in [2.45, 2.75) is 159 Å². The van der Waals surface area contributed by atoms with Crippen LogP contribution in [0.4, 0.5) is 0 Å². The zero-order valence-corrected chi connectivity index (χ0v) is 29.0. The summed E-state index contributed by atoms with van der Waals surface area (Å²) in [5.74, 6) is -1.07. The van der Waals surface area contributed by atoms with Crippen LogP contribution in [0, 0.1) is 11.8 Å². The highest BCUT2D eigenvalue weighted by molar-refractivity contribution is 7.92. The Kier molecular flexibility index (Phi) is 14.8. The maximum atomic E-state index is 13.8. The molecule has 2 aliphatic rings. The number of rotatable bonds is 16. The monoisotopic (exact) mass is 648 g/mol. The van der Waals surface area contributed by atoms with Gasteiger partial charge in [-0.2, -0.15) is 0 Å². The molecule has 4 N–H and O–H groups in total. The highest BCUT2D eigenvalue weighted by atomic mass is 32.2. The number of amides is 2. The zero-order valence-electron chi connectivity index (χ0n) is 28.2. The number of sulfone groups is 1. The predicted octanol–water partition coefficient (Wildman–Crippen LogP) is 5.81. The largest absolute Gasteiger partial charge is 0.390 e. The molecule has 256 valence electrons. The van der Waals surface area contributed by atoms with E-state index in [0.717, 1.165) is 76.2 Å². The molecule has 5 atom stereocenters. The molecule has 2 fully saturated rings. The number of benzene rings is 1. The van der Waals surface area contributed by atoms with Crippen LogP contribution in [0.3, 0.4) is 0 Å². The van der Waals surface area contributed by atoms with Gasteiger partial charge < -0.3 is 20.8 Å². The first-order valence-corrected chi connectivity index (χ1v) is 19.2. The van der Waals surface area contributed by atoms with Gasteiger partial charge in [-0.15, -0.1) is 0 Å². The second-order valence-corrected chi connectivity index (χ2v) is 17.5. The molecule has 0 bridgehead atoms. The van der Waals surface area contributed by atoms with Crippen LogP contribution in [0.1, 0.15) is 135 Å². The van der Waals surface area contributed by atoms with E-state index in [-0.39, 0.29) is 29.9 Å². The SMILES string of the molecule is CCCCC(NC(=O)CC(CS(=O)(=O)C(C)(C)C)c1ccccc1)C(=O)NC(CC1CCCCC1)C(O)C(O)C1CCCCC1. The van der Waals surface area contributed by atoms with Gasteiger partial charge in [-0.05, 0) is 63.9 Å². The molecule has 0 radical (unpaired) electrons.